The first kappa shape index (κ1) is 9.58. The first-order valence-corrected chi connectivity index (χ1v) is 5.22. The lowest BCUT2D eigenvalue weighted by molar-refractivity contribution is 0.630. The van der Waals surface area contributed by atoms with E-state index in [9.17, 15) is 4.39 Å². The third-order valence-corrected chi connectivity index (χ3v) is 2.54. The molecule has 0 spiro atoms. The Hall–Kier alpha value is -0.970. The predicted molar refractivity (Wildman–Crippen MR) is 62.3 cm³/mol. The highest BCUT2D eigenvalue weighted by molar-refractivity contribution is 14.1. The predicted octanol–water partition coefficient (Wildman–Crippen LogP) is 3.49. The van der Waals surface area contributed by atoms with Gasteiger partial charge in [-0.1, -0.05) is 6.07 Å². The fourth-order valence-electron chi connectivity index (χ4n) is 1.22. The molecule has 0 saturated carbocycles. The standard InChI is InChI=1S/C11H7FIN/c12-10-7-8(13)4-5-9(10)11-3-1-2-6-14-11/h1-7H. The molecule has 0 amide bonds. The average molecular weight is 299 g/mol. The molecule has 14 heavy (non-hydrogen) atoms. The summed E-state index contributed by atoms with van der Waals surface area (Å²) in [5, 5.41) is 0. The van der Waals surface area contributed by atoms with Crippen LogP contribution < -0.4 is 0 Å². The molecule has 0 N–H and O–H groups in total. The van der Waals surface area contributed by atoms with Crippen molar-refractivity contribution >= 4 is 22.6 Å². The van der Waals surface area contributed by atoms with Crippen LogP contribution in [0.15, 0.2) is 42.6 Å². The molecule has 1 nitrogen and oxygen atoms in total. The molecule has 0 aliphatic carbocycles. The molecular formula is C11H7FIN. The Morgan fingerprint density at radius 2 is 2.00 bits per heavy atom. The summed E-state index contributed by atoms with van der Waals surface area (Å²) in [7, 11) is 0. The number of hydrogen-bond acceptors (Lipinski definition) is 1. The maximum atomic E-state index is 13.5. The molecule has 1 aromatic heterocycles. The van der Waals surface area contributed by atoms with Gasteiger partial charge in [0.1, 0.15) is 5.82 Å². The molecule has 0 aliphatic heterocycles. The molecule has 0 fully saturated rings. The highest BCUT2D eigenvalue weighted by atomic mass is 127. The molecule has 2 aromatic rings. The minimum absolute atomic E-state index is 0.226. The van der Waals surface area contributed by atoms with Gasteiger partial charge in [0, 0.05) is 15.3 Å². The SMILES string of the molecule is Fc1cc(I)ccc1-c1ccccn1. The summed E-state index contributed by atoms with van der Waals surface area (Å²) in [5.41, 5.74) is 1.22. The second-order valence-electron chi connectivity index (χ2n) is 2.84. The van der Waals surface area contributed by atoms with Crippen molar-refractivity contribution in [2.75, 3.05) is 0 Å². The molecule has 3 heteroatoms. The molecule has 1 aromatic carbocycles. The van der Waals surface area contributed by atoms with Crippen molar-refractivity contribution in [2.24, 2.45) is 0 Å². The molecule has 0 unspecified atom stereocenters. The summed E-state index contributed by atoms with van der Waals surface area (Å²) < 4.78 is 14.4. The molecule has 70 valence electrons. The van der Waals surface area contributed by atoms with Crippen LogP contribution in [0.2, 0.25) is 0 Å². The minimum Gasteiger partial charge on any atom is -0.256 e. The van der Waals surface area contributed by atoms with Crippen molar-refractivity contribution in [2.45, 2.75) is 0 Å². The van der Waals surface area contributed by atoms with E-state index in [1.165, 1.54) is 6.07 Å². The van der Waals surface area contributed by atoms with Gasteiger partial charge in [-0.2, -0.15) is 0 Å². The van der Waals surface area contributed by atoms with Crippen molar-refractivity contribution in [3.8, 4) is 11.3 Å². The van der Waals surface area contributed by atoms with Gasteiger partial charge in [0.25, 0.3) is 0 Å². The van der Waals surface area contributed by atoms with Crippen LogP contribution in [0.1, 0.15) is 0 Å². The van der Waals surface area contributed by atoms with Crippen LogP contribution in [0.4, 0.5) is 4.39 Å². The highest BCUT2D eigenvalue weighted by Gasteiger charge is 2.05. The number of benzene rings is 1. The van der Waals surface area contributed by atoms with Gasteiger partial charge in [0.2, 0.25) is 0 Å². The van der Waals surface area contributed by atoms with E-state index in [0.717, 1.165) is 3.57 Å². The van der Waals surface area contributed by atoms with E-state index < -0.39 is 0 Å². The Morgan fingerprint density at radius 3 is 2.64 bits per heavy atom. The van der Waals surface area contributed by atoms with Crippen LogP contribution in [0.5, 0.6) is 0 Å². The van der Waals surface area contributed by atoms with Gasteiger partial charge in [-0.3, -0.25) is 4.98 Å². The zero-order chi connectivity index (χ0) is 9.97. The smallest absolute Gasteiger partial charge is 0.133 e. The quantitative estimate of drug-likeness (QED) is 0.735. The molecular weight excluding hydrogens is 292 g/mol. The fraction of sp³-hybridized carbons (Fsp3) is 0. The summed E-state index contributed by atoms with van der Waals surface area (Å²) in [6, 6.07) is 10.6. The Bertz CT molecular complexity index is 442. The van der Waals surface area contributed by atoms with Crippen molar-refractivity contribution in [3.05, 3.63) is 52.0 Å². The summed E-state index contributed by atoms with van der Waals surface area (Å²) >= 11 is 2.08. The molecule has 0 aliphatic rings. The van der Waals surface area contributed by atoms with Crippen LogP contribution in [-0.2, 0) is 0 Å². The van der Waals surface area contributed by atoms with Crippen molar-refractivity contribution in [1.82, 2.24) is 4.98 Å². The third-order valence-electron chi connectivity index (χ3n) is 1.87. The summed E-state index contributed by atoms with van der Waals surface area (Å²) in [6.07, 6.45) is 1.66. The minimum atomic E-state index is -0.226. The maximum absolute atomic E-state index is 13.5. The molecule has 0 saturated heterocycles. The number of halogens is 2. The zero-order valence-electron chi connectivity index (χ0n) is 7.24. The molecule has 1 heterocycles. The maximum Gasteiger partial charge on any atom is 0.133 e. The highest BCUT2D eigenvalue weighted by Crippen LogP contribution is 2.21. The van der Waals surface area contributed by atoms with Crippen LogP contribution in [0.3, 0.4) is 0 Å². The van der Waals surface area contributed by atoms with Crippen molar-refractivity contribution < 1.29 is 4.39 Å². The van der Waals surface area contributed by atoms with Gasteiger partial charge in [-0.15, -0.1) is 0 Å². The van der Waals surface area contributed by atoms with E-state index >= 15 is 0 Å². The molecule has 2 rings (SSSR count). The number of nitrogens with zero attached hydrogens (tertiary/aromatic N) is 1. The lowest BCUT2D eigenvalue weighted by atomic mass is 10.1. The lowest BCUT2D eigenvalue weighted by Crippen LogP contribution is -1.87. The molecule has 0 atom stereocenters. The van der Waals surface area contributed by atoms with Gasteiger partial charge >= 0.3 is 0 Å². The van der Waals surface area contributed by atoms with E-state index in [1.54, 1.807) is 18.3 Å². The van der Waals surface area contributed by atoms with Gasteiger partial charge in [-0.05, 0) is 52.9 Å². The van der Waals surface area contributed by atoms with E-state index in [-0.39, 0.29) is 5.82 Å². The first-order valence-electron chi connectivity index (χ1n) is 4.14. The van der Waals surface area contributed by atoms with Crippen LogP contribution in [0.25, 0.3) is 11.3 Å². The second kappa shape index (κ2) is 4.04. The Balaban J connectivity index is 2.53. The summed E-state index contributed by atoms with van der Waals surface area (Å²) in [5.74, 6) is -0.226. The third kappa shape index (κ3) is 1.92. The monoisotopic (exact) mass is 299 g/mol. The number of aromatic nitrogens is 1. The van der Waals surface area contributed by atoms with E-state index in [2.05, 4.69) is 27.6 Å². The number of hydrogen-bond donors (Lipinski definition) is 0. The van der Waals surface area contributed by atoms with E-state index in [4.69, 9.17) is 0 Å². The van der Waals surface area contributed by atoms with E-state index in [1.807, 2.05) is 18.2 Å². The number of pyridine rings is 1. The second-order valence-corrected chi connectivity index (χ2v) is 4.08. The van der Waals surface area contributed by atoms with Gasteiger partial charge < -0.3 is 0 Å². The number of rotatable bonds is 1. The largest absolute Gasteiger partial charge is 0.256 e. The summed E-state index contributed by atoms with van der Waals surface area (Å²) in [6.45, 7) is 0. The normalized spacial score (nSPS) is 10.1. The van der Waals surface area contributed by atoms with E-state index in [0.29, 0.717) is 11.3 Å². The Morgan fingerprint density at radius 1 is 1.14 bits per heavy atom. The molecule has 0 bridgehead atoms. The van der Waals surface area contributed by atoms with Crippen LogP contribution in [0, 0.1) is 9.39 Å². The van der Waals surface area contributed by atoms with Gasteiger partial charge in [-0.25, -0.2) is 4.39 Å². The zero-order valence-corrected chi connectivity index (χ0v) is 9.40. The lowest BCUT2D eigenvalue weighted by Gasteiger charge is -2.01. The molecule has 0 radical (unpaired) electrons. The first-order chi connectivity index (χ1) is 6.77. The topological polar surface area (TPSA) is 12.9 Å². The van der Waals surface area contributed by atoms with Gasteiger partial charge in [0.15, 0.2) is 0 Å². The fourth-order valence-corrected chi connectivity index (χ4v) is 1.67. The Kier molecular flexibility index (Phi) is 2.77. The van der Waals surface area contributed by atoms with Crippen LogP contribution in [-0.4, -0.2) is 4.98 Å². The Labute approximate surface area is 95.1 Å². The van der Waals surface area contributed by atoms with Crippen LogP contribution >= 0.6 is 22.6 Å². The van der Waals surface area contributed by atoms with Crippen molar-refractivity contribution in [1.29, 1.82) is 0 Å². The summed E-state index contributed by atoms with van der Waals surface area (Å²) in [4.78, 5) is 4.10. The average Bonchev–Trinajstić information content (AvgIpc) is 2.19. The van der Waals surface area contributed by atoms with Gasteiger partial charge in [0.05, 0.1) is 5.69 Å². The van der Waals surface area contributed by atoms with Crippen molar-refractivity contribution in [3.63, 3.8) is 0 Å².